The number of imidazole rings is 1. The number of rotatable bonds is 8. The van der Waals surface area contributed by atoms with E-state index in [1.54, 1.807) is 13.2 Å². The minimum atomic E-state index is -0.163. The Bertz CT molecular complexity index is 1040. The summed E-state index contributed by atoms with van der Waals surface area (Å²) in [5, 5.41) is 3.59. The lowest BCUT2D eigenvalue weighted by Gasteiger charge is -2.32. The third kappa shape index (κ3) is 5.00. The highest BCUT2D eigenvalue weighted by Gasteiger charge is 2.24. The van der Waals surface area contributed by atoms with Gasteiger partial charge < -0.3 is 24.3 Å². The molecule has 1 aromatic heterocycles. The number of para-hydroxylation sites is 1. The molecule has 0 unspecified atom stereocenters. The topological polar surface area (TPSA) is 68.6 Å². The van der Waals surface area contributed by atoms with Gasteiger partial charge in [-0.15, -0.1) is 0 Å². The Balaban J connectivity index is 1.52. The van der Waals surface area contributed by atoms with E-state index in [9.17, 15) is 4.79 Å². The number of aromatic nitrogens is 2. The Hall–Kier alpha value is -3.03. The molecule has 4 rings (SSSR count). The number of fused-ring (bicyclic) bond motifs is 1. The summed E-state index contributed by atoms with van der Waals surface area (Å²) in [5.74, 6) is 0.455. The average Bonchev–Trinajstić information content (AvgIpc) is 3.22. The Labute approximate surface area is 186 Å². The zero-order valence-corrected chi connectivity index (χ0v) is 18.1. The second kappa shape index (κ2) is 9.85. The molecular weight excluding hydrogens is 416 g/mol. The molecule has 162 valence electrons. The Kier molecular flexibility index (Phi) is 6.74. The smallest absolute Gasteiger partial charge is 0.255 e. The maximum Gasteiger partial charge on any atom is 0.255 e. The number of nitrogens with zero attached hydrogens (tertiary/aromatic N) is 3. The predicted octanol–water partition coefficient (Wildman–Crippen LogP) is 3.36. The van der Waals surface area contributed by atoms with Crippen molar-refractivity contribution in [3.05, 3.63) is 76.8 Å². The van der Waals surface area contributed by atoms with Crippen LogP contribution in [-0.4, -0.2) is 48.9 Å². The lowest BCUT2D eigenvalue weighted by Crippen LogP contribution is -2.34. The normalized spacial score (nSPS) is 12.9. The summed E-state index contributed by atoms with van der Waals surface area (Å²) in [6.07, 6.45) is 3.72. The summed E-state index contributed by atoms with van der Waals surface area (Å²) >= 11 is 6.00. The minimum Gasteiger partial charge on any atom is -0.489 e. The lowest BCUT2D eigenvalue weighted by molar-refractivity contribution is 0.0932. The first-order valence-electron chi connectivity index (χ1n) is 10.2. The van der Waals surface area contributed by atoms with E-state index in [0.717, 1.165) is 28.5 Å². The second-order valence-electron chi connectivity index (χ2n) is 7.31. The van der Waals surface area contributed by atoms with E-state index in [-0.39, 0.29) is 5.91 Å². The Morgan fingerprint density at radius 3 is 2.87 bits per heavy atom. The van der Waals surface area contributed by atoms with Crippen molar-refractivity contribution < 1.29 is 14.3 Å². The van der Waals surface area contributed by atoms with Crippen molar-refractivity contribution in [1.29, 1.82) is 0 Å². The molecule has 2 heterocycles. The van der Waals surface area contributed by atoms with E-state index >= 15 is 0 Å². The van der Waals surface area contributed by atoms with Crippen molar-refractivity contribution in [3.63, 3.8) is 0 Å². The molecule has 1 N–H and O–H groups in total. The van der Waals surface area contributed by atoms with Gasteiger partial charge in [-0.25, -0.2) is 4.98 Å². The number of nitrogens with one attached hydrogen (secondary N) is 1. The first kappa shape index (κ1) is 21.2. The van der Waals surface area contributed by atoms with Crippen LogP contribution >= 0.6 is 11.6 Å². The number of benzene rings is 2. The van der Waals surface area contributed by atoms with Crippen LogP contribution in [0.5, 0.6) is 5.75 Å². The van der Waals surface area contributed by atoms with Crippen molar-refractivity contribution in [3.8, 4) is 5.75 Å². The predicted molar refractivity (Wildman–Crippen MR) is 120 cm³/mol. The summed E-state index contributed by atoms with van der Waals surface area (Å²) in [6, 6.07) is 13.5. The van der Waals surface area contributed by atoms with Gasteiger partial charge in [0, 0.05) is 31.4 Å². The lowest BCUT2D eigenvalue weighted by atomic mass is 10.1. The van der Waals surface area contributed by atoms with Crippen molar-refractivity contribution >= 4 is 23.2 Å². The summed E-state index contributed by atoms with van der Waals surface area (Å²) in [4.78, 5) is 19.2. The fourth-order valence-corrected chi connectivity index (χ4v) is 3.74. The first-order valence-corrected chi connectivity index (χ1v) is 10.5. The molecule has 0 bridgehead atoms. The standard InChI is InChI=1S/C23H25ClN4O3/c1-30-11-9-26-23(29)20-3-2-4-21-22(20)31-12-10-27(21)15-19-13-25-16-28(19)14-17-5-7-18(24)8-6-17/h2-8,13,16H,9-12,14-15H2,1H3,(H,26,29). The van der Waals surface area contributed by atoms with Crippen LogP contribution in [0.3, 0.4) is 0 Å². The van der Waals surface area contributed by atoms with Gasteiger partial charge in [-0.3, -0.25) is 4.79 Å². The molecule has 0 aliphatic carbocycles. The number of anilines is 1. The molecule has 0 atom stereocenters. The van der Waals surface area contributed by atoms with Gasteiger partial charge in [0.2, 0.25) is 0 Å². The van der Waals surface area contributed by atoms with Crippen molar-refractivity contribution in [2.45, 2.75) is 13.1 Å². The number of carbonyl (C=O) groups excluding carboxylic acids is 1. The van der Waals surface area contributed by atoms with Crippen LogP contribution in [0.4, 0.5) is 5.69 Å². The molecule has 0 radical (unpaired) electrons. The van der Waals surface area contributed by atoms with E-state index in [0.29, 0.717) is 44.2 Å². The van der Waals surface area contributed by atoms with E-state index in [4.69, 9.17) is 21.1 Å². The van der Waals surface area contributed by atoms with Gasteiger partial charge in [-0.1, -0.05) is 29.8 Å². The molecular formula is C23H25ClN4O3. The largest absolute Gasteiger partial charge is 0.489 e. The summed E-state index contributed by atoms with van der Waals surface area (Å²) in [7, 11) is 1.61. The van der Waals surface area contributed by atoms with Crippen molar-refractivity contribution in [2.24, 2.45) is 0 Å². The summed E-state index contributed by atoms with van der Waals surface area (Å²) in [5.41, 5.74) is 3.68. The van der Waals surface area contributed by atoms with Gasteiger partial charge in [-0.2, -0.15) is 0 Å². The highest BCUT2D eigenvalue weighted by atomic mass is 35.5. The number of hydrogen-bond donors (Lipinski definition) is 1. The average molecular weight is 441 g/mol. The highest BCUT2D eigenvalue weighted by molar-refractivity contribution is 6.30. The van der Waals surface area contributed by atoms with E-state index < -0.39 is 0 Å². The maximum atomic E-state index is 12.6. The second-order valence-corrected chi connectivity index (χ2v) is 7.75. The fraction of sp³-hybridized carbons (Fsp3) is 0.304. The molecule has 0 fully saturated rings. The molecule has 3 aromatic rings. The fourth-order valence-electron chi connectivity index (χ4n) is 3.61. The van der Waals surface area contributed by atoms with Crippen LogP contribution in [0.2, 0.25) is 5.02 Å². The number of hydrogen-bond acceptors (Lipinski definition) is 5. The number of halogens is 1. The Morgan fingerprint density at radius 2 is 2.06 bits per heavy atom. The molecule has 1 aliphatic rings. The van der Waals surface area contributed by atoms with E-state index in [1.807, 2.05) is 48.9 Å². The number of ether oxygens (including phenoxy) is 2. The monoisotopic (exact) mass is 440 g/mol. The van der Waals surface area contributed by atoms with Crippen molar-refractivity contribution in [2.75, 3.05) is 38.3 Å². The number of methoxy groups -OCH3 is 1. The van der Waals surface area contributed by atoms with E-state index in [2.05, 4.69) is 19.8 Å². The van der Waals surface area contributed by atoms with Crippen LogP contribution in [0.1, 0.15) is 21.6 Å². The molecule has 0 saturated heterocycles. The van der Waals surface area contributed by atoms with Crippen LogP contribution in [-0.2, 0) is 17.8 Å². The van der Waals surface area contributed by atoms with Gasteiger partial charge in [-0.05, 0) is 29.8 Å². The zero-order valence-electron chi connectivity index (χ0n) is 17.4. The van der Waals surface area contributed by atoms with Gasteiger partial charge >= 0.3 is 0 Å². The first-order chi connectivity index (χ1) is 15.2. The minimum absolute atomic E-state index is 0.163. The van der Waals surface area contributed by atoms with Gasteiger partial charge in [0.1, 0.15) is 6.61 Å². The SMILES string of the molecule is COCCNC(=O)c1cccc2c1OCCN2Cc1cncn1Cc1ccc(Cl)cc1. The van der Waals surface area contributed by atoms with E-state index in [1.165, 1.54) is 0 Å². The van der Waals surface area contributed by atoms with Gasteiger partial charge in [0.25, 0.3) is 5.91 Å². The quantitative estimate of drug-likeness (QED) is 0.544. The maximum absolute atomic E-state index is 12.6. The van der Waals surface area contributed by atoms with Gasteiger partial charge in [0.15, 0.2) is 5.75 Å². The van der Waals surface area contributed by atoms with Crippen LogP contribution in [0.15, 0.2) is 55.0 Å². The molecule has 8 heteroatoms. The molecule has 0 saturated carbocycles. The number of amides is 1. The molecule has 1 amide bonds. The summed E-state index contributed by atoms with van der Waals surface area (Å²) in [6.45, 7) is 3.54. The van der Waals surface area contributed by atoms with Crippen LogP contribution in [0.25, 0.3) is 0 Å². The molecule has 0 spiro atoms. The van der Waals surface area contributed by atoms with Crippen LogP contribution < -0.4 is 15.0 Å². The molecule has 31 heavy (non-hydrogen) atoms. The Morgan fingerprint density at radius 1 is 1.23 bits per heavy atom. The zero-order chi connectivity index (χ0) is 21.6. The van der Waals surface area contributed by atoms with Crippen molar-refractivity contribution in [1.82, 2.24) is 14.9 Å². The summed E-state index contributed by atoms with van der Waals surface area (Å²) < 4.78 is 13.0. The molecule has 1 aliphatic heterocycles. The molecule has 7 nitrogen and oxygen atoms in total. The third-order valence-electron chi connectivity index (χ3n) is 5.20. The third-order valence-corrected chi connectivity index (χ3v) is 5.45. The number of carbonyl (C=O) groups is 1. The van der Waals surface area contributed by atoms with Crippen LogP contribution in [0, 0.1) is 0 Å². The molecule has 2 aromatic carbocycles. The highest BCUT2D eigenvalue weighted by Crippen LogP contribution is 2.35. The van der Waals surface area contributed by atoms with Gasteiger partial charge in [0.05, 0.1) is 43.0 Å².